The standard InChI is InChI=1S/C23H18F3N3O2S/c1-30-13-4-2-12(3-5-13)11-32-22-15-8-9-29-20(15)18(25)19(26)21(22)31-14-6-7-17(24)16(10-14)23(27)28/h2-10,29H,11H2,1H3,(H3,27,28). The molecule has 0 atom stereocenters. The normalized spacial score (nSPS) is 11.0. The molecule has 4 N–H and O–H groups in total. The van der Waals surface area contributed by atoms with Gasteiger partial charge in [0.25, 0.3) is 0 Å². The molecule has 4 aromatic rings. The Bertz CT molecular complexity index is 1310. The van der Waals surface area contributed by atoms with Crippen LogP contribution in [-0.4, -0.2) is 17.9 Å². The Hall–Kier alpha value is -3.59. The lowest BCUT2D eigenvalue weighted by Crippen LogP contribution is -2.13. The van der Waals surface area contributed by atoms with Crippen molar-refractivity contribution in [1.29, 1.82) is 5.41 Å². The maximum Gasteiger partial charge on any atom is 0.204 e. The van der Waals surface area contributed by atoms with Crippen LogP contribution >= 0.6 is 11.8 Å². The third-order valence-electron chi connectivity index (χ3n) is 4.80. The smallest absolute Gasteiger partial charge is 0.204 e. The molecule has 0 saturated carbocycles. The van der Waals surface area contributed by atoms with Crippen LogP contribution in [0.25, 0.3) is 10.9 Å². The van der Waals surface area contributed by atoms with Gasteiger partial charge in [-0.1, -0.05) is 12.1 Å². The SMILES string of the molecule is COc1ccc(CSc2c(Oc3ccc(F)c(C(=N)N)c3)c(F)c(F)c3[nH]ccc23)cc1. The first-order valence-corrected chi connectivity index (χ1v) is 10.4. The molecule has 9 heteroatoms. The van der Waals surface area contributed by atoms with Crippen molar-refractivity contribution in [3.63, 3.8) is 0 Å². The molecule has 164 valence electrons. The van der Waals surface area contributed by atoms with E-state index >= 15 is 4.39 Å². The minimum Gasteiger partial charge on any atom is -0.497 e. The zero-order chi connectivity index (χ0) is 22.8. The van der Waals surface area contributed by atoms with E-state index in [4.69, 9.17) is 20.6 Å². The van der Waals surface area contributed by atoms with E-state index < -0.39 is 23.3 Å². The molecule has 0 aliphatic heterocycles. The van der Waals surface area contributed by atoms with Gasteiger partial charge in [0.15, 0.2) is 11.6 Å². The van der Waals surface area contributed by atoms with Gasteiger partial charge in [-0.05, 0) is 42.0 Å². The van der Waals surface area contributed by atoms with Crippen molar-refractivity contribution < 1.29 is 22.6 Å². The quantitative estimate of drug-likeness (QED) is 0.182. The third-order valence-corrected chi connectivity index (χ3v) is 5.97. The fraction of sp³-hybridized carbons (Fsp3) is 0.0870. The van der Waals surface area contributed by atoms with Crippen molar-refractivity contribution in [3.05, 3.63) is 83.3 Å². The molecule has 0 fully saturated rings. The van der Waals surface area contributed by atoms with Crippen LogP contribution in [0, 0.1) is 22.9 Å². The van der Waals surface area contributed by atoms with Gasteiger partial charge in [0.05, 0.1) is 23.1 Å². The summed E-state index contributed by atoms with van der Waals surface area (Å²) in [5, 5.41) is 7.93. The molecule has 0 bridgehead atoms. The van der Waals surface area contributed by atoms with E-state index in [1.807, 2.05) is 24.3 Å². The van der Waals surface area contributed by atoms with Crippen LogP contribution in [0.3, 0.4) is 0 Å². The van der Waals surface area contributed by atoms with E-state index in [0.717, 1.165) is 11.6 Å². The second kappa shape index (κ2) is 8.88. The number of methoxy groups -OCH3 is 1. The summed E-state index contributed by atoms with van der Waals surface area (Å²) in [6, 6.07) is 12.5. The van der Waals surface area contributed by atoms with Crippen LogP contribution in [0.15, 0.2) is 59.6 Å². The first kappa shape index (κ1) is 21.6. The Morgan fingerprint density at radius 1 is 1.03 bits per heavy atom. The number of hydrogen-bond donors (Lipinski definition) is 3. The number of ether oxygens (including phenoxy) is 2. The van der Waals surface area contributed by atoms with Gasteiger partial charge in [0.1, 0.15) is 23.2 Å². The van der Waals surface area contributed by atoms with Crippen molar-refractivity contribution >= 4 is 28.5 Å². The third kappa shape index (κ3) is 4.11. The number of fused-ring (bicyclic) bond motifs is 1. The van der Waals surface area contributed by atoms with Crippen molar-refractivity contribution in [2.45, 2.75) is 10.6 Å². The van der Waals surface area contributed by atoms with Crippen LogP contribution in [0.2, 0.25) is 0 Å². The number of rotatable bonds is 7. The fourth-order valence-corrected chi connectivity index (χ4v) is 4.27. The Morgan fingerprint density at radius 2 is 1.75 bits per heavy atom. The lowest BCUT2D eigenvalue weighted by atomic mass is 10.2. The van der Waals surface area contributed by atoms with E-state index in [9.17, 15) is 8.78 Å². The summed E-state index contributed by atoms with van der Waals surface area (Å²) < 4.78 is 54.4. The number of aromatic amines is 1. The number of nitrogens with one attached hydrogen (secondary N) is 2. The maximum atomic E-state index is 15.0. The summed E-state index contributed by atoms with van der Waals surface area (Å²) in [4.78, 5) is 3.09. The molecule has 0 amide bonds. The predicted octanol–water partition coefficient (Wildman–Crippen LogP) is 5.96. The minimum absolute atomic E-state index is 0.0237. The highest BCUT2D eigenvalue weighted by Gasteiger charge is 2.23. The van der Waals surface area contributed by atoms with Crippen molar-refractivity contribution in [2.75, 3.05) is 7.11 Å². The molecule has 0 radical (unpaired) electrons. The monoisotopic (exact) mass is 457 g/mol. The summed E-state index contributed by atoms with van der Waals surface area (Å²) in [6.45, 7) is 0. The molecule has 3 aromatic carbocycles. The molecule has 0 spiro atoms. The van der Waals surface area contributed by atoms with Gasteiger partial charge < -0.3 is 20.2 Å². The van der Waals surface area contributed by atoms with E-state index in [1.165, 1.54) is 30.1 Å². The molecule has 1 heterocycles. The molecule has 0 aliphatic rings. The summed E-state index contributed by atoms with van der Waals surface area (Å²) >= 11 is 1.27. The van der Waals surface area contributed by atoms with Gasteiger partial charge in [-0.2, -0.15) is 4.39 Å². The number of aromatic nitrogens is 1. The fourth-order valence-electron chi connectivity index (χ4n) is 3.18. The van der Waals surface area contributed by atoms with Crippen molar-refractivity contribution in [1.82, 2.24) is 4.98 Å². The molecule has 0 saturated heterocycles. The Kier molecular flexibility index (Phi) is 6.00. The maximum absolute atomic E-state index is 15.0. The molecular formula is C23H18F3N3O2S. The number of hydrogen-bond acceptors (Lipinski definition) is 4. The number of benzene rings is 3. The van der Waals surface area contributed by atoms with E-state index in [1.54, 1.807) is 13.2 Å². The van der Waals surface area contributed by atoms with Crippen LogP contribution in [0.1, 0.15) is 11.1 Å². The lowest BCUT2D eigenvalue weighted by molar-refractivity contribution is 0.409. The van der Waals surface area contributed by atoms with Gasteiger partial charge >= 0.3 is 0 Å². The van der Waals surface area contributed by atoms with E-state index in [-0.39, 0.29) is 22.6 Å². The Labute approximate surface area is 185 Å². The van der Waals surface area contributed by atoms with Gasteiger partial charge in [0.2, 0.25) is 5.82 Å². The van der Waals surface area contributed by atoms with Crippen molar-refractivity contribution in [3.8, 4) is 17.2 Å². The molecule has 32 heavy (non-hydrogen) atoms. The Morgan fingerprint density at radius 3 is 2.44 bits per heavy atom. The van der Waals surface area contributed by atoms with Crippen molar-refractivity contribution in [2.24, 2.45) is 5.73 Å². The average Bonchev–Trinajstić information content (AvgIpc) is 3.28. The second-order valence-corrected chi connectivity index (χ2v) is 7.83. The van der Waals surface area contributed by atoms with Crippen LogP contribution in [0.4, 0.5) is 13.2 Å². The summed E-state index contributed by atoms with van der Waals surface area (Å²) in [7, 11) is 1.57. The predicted molar refractivity (Wildman–Crippen MR) is 118 cm³/mol. The van der Waals surface area contributed by atoms with Crippen LogP contribution in [0.5, 0.6) is 17.2 Å². The zero-order valence-corrected chi connectivity index (χ0v) is 17.7. The molecule has 0 unspecified atom stereocenters. The first-order chi connectivity index (χ1) is 15.4. The molecule has 5 nitrogen and oxygen atoms in total. The average molecular weight is 457 g/mol. The highest BCUT2D eigenvalue weighted by molar-refractivity contribution is 7.98. The first-order valence-electron chi connectivity index (χ1n) is 9.44. The largest absolute Gasteiger partial charge is 0.497 e. The highest BCUT2D eigenvalue weighted by atomic mass is 32.2. The molecule has 0 aliphatic carbocycles. The second-order valence-electron chi connectivity index (χ2n) is 6.85. The highest BCUT2D eigenvalue weighted by Crippen LogP contribution is 2.43. The molecule has 4 rings (SSSR count). The summed E-state index contributed by atoms with van der Waals surface area (Å²) in [5.74, 6) is -2.62. The van der Waals surface area contributed by atoms with Gasteiger partial charge in [0, 0.05) is 17.3 Å². The zero-order valence-electron chi connectivity index (χ0n) is 16.8. The number of thioether (sulfide) groups is 1. The van der Waals surface area contributed by atoms with Gasteiger partial charge in [-0.25, -0.2) is 8.78 Å². The van der Waals surface area contributed by atoms with Gasteiger partial charge in [-0.15, -0.1) is 11.8 Å². The summed E-state index contributed by atoms with van der Waals surface area (Å²) in [5.41, 5.74) is 6.16. The van der Waals surface area contributed by atoms with Crippen LogP contribution in [-0.2, 0) is 5.75 Å². The van der Waals surface area contributed by atoms with E-state index in [2.05, 4.69) is 4.98 Å². The lowest BCUT2D eigenvalue weighted by Gasteiger charge is -2.15. The number of nitrogens with two attached hydrogens (primary N) is 1. The minimum atomic E-state index is -1.18. The molecular weight excluding hydrogens is 439 g/mol. The van der Waals surface area contributed by atoms with Gasteiger partial charge in [-0.3, -0.25) is 5.41 Å². The number of H-pyrrole nitrogens is 1. The Balaban J connectivity index is 1.75. The summed E-state index contributed by atoms with van der Waals surface area (Å²) in [6.07, 6.45) is 1.51. The van der Waals surface area contributed by atoms with Crippen LogP contribution < -0.4 is 15.2 Å². The van der Waals surface area contributed by atoms with E-state index in [0.29, 0.717) is 21.8 Å². The molecule has 1 aromatic heterocycles. The number of amidine groups is 1. The number of halogens is 3. The topological polar surface area (TPSA) is 84.1 Å². The number of nitrogen functional groups attached to an aromatic ring is 1.